The second kappa shape index (κ2) is 6.76. The maximum atomic E-state index is 12.6. The predicted molar refractivity (Wildman–Crippen MR) is 104 cm³/mol. The van der Waals surface area contributed by atoms with Crippen molar-refractivity contribution in [1.29, 1.82) is 0 Å². The minimum absolute atomic E-state index is 0.154. The highest BCUT2D eigenvalue weighted by Crippen LogP contribution is 2.32. The Hall–Kier alpha value is -2.34. The number of aromatic nitrogens is 2. The van der Waals surface area contributed by atoms with Gasteiger partial charge in [0.25, 0.3) is 5.91 Å². The molecular formula is C18H11Cl3N4O. The van der Waals surface area contributed by atoms with E-state index in [2.05, 4.69) is 20.5 Å². The molecule has 8 heteroatoms. The molecule has 0 unspecified atom stereocenters. The van der Waals surface area contributed by atoms with E-state index in [1.807, 2.05) is 24.3 Å². The number of fused-ring (bicyclic) bond motifs is 1. The molecule has 0 radical (unpaired) electrons. The van der Waals surface area contributed by atoms with Crippen LogP contribution >= 0.6 is 34.8 Å². The maximum Gasteiger partial charge on any atom is 0.258 e. The summed E-state index contributed by atoms with van der Waals surface area (Å²) in [7, 11) is 0. The lowest BCUT2D eigenvalue weighted by molar-refractivity contribution is 0.102. The van der Waals surface area contributed by atoms with Crippen LogP contribution in [0.3, 0.4) is 0 Å². The van der Waals surface area contributed by atoms with Gasteiger partial charge in [-0.15, -0.1) is 0 Å². The van der Waals surface area contributed by atoms with E-state index in [4.69, 9.17) is 34.8 Å². The molecule has 4 rings (SSSR count). The van der Waals surface area contributed by atoms with E-state index in [-0.39, 0.29) is 15.6 Å². The van der Waals surface area contributed by atoms with Gasteiger partial charge in [-0.2, -0.15) is 5.10 Å². The summed E-state index contributed by atoms with van der Waals surface area (Å²) in [6.45, 7) is 0. The molecule has 0 saturated heterocycles. The molecule has 2 N–H and O–H groups in total. The first-order valence-corrected chi connectivity index (χ1v) is 8.81. The van der Waals surface area contributed by atoms with Crippen molar-refractivity contribution in [2.24, 2.45) is 4.99 Å². The Labute approximate surface area is 164 Å². The lowest BCUT2D eigenvalue weighted by atomic mass is 10.1. The SMILES string of the molecule is O=C(Nc1cn[nH]c1C1=Nc2ccccc2C1)c1c(Cl)cc(Cl)cc1Cl. The number of hydrogen-bond donors (Lipinski definition) is 2. The molecule has 1 amide bonds. The van der Waals surface area contributed by atoms with E-state index in [1.54, 1.807) is 0 Å². The molecule has 1 aliphatic rings. The number of nitrogens with zero attached hydrogens (tertiary/aromatic N) is 2. The van der Waals surface area contributed by atoms with Gasteiger partial charge in [0.05, 0.1) is 38.9 Å². The minimum atomic E-state index is -0.449. The van der Waals surface area contributed by atoms with Crippen LogP contribution < -0.4 is 5.32 Å². The van der Waals surface area contributed by atoms with E-state index >= 15 is 0 Å². The average Bonchev–Trinajstić information content (AvgIpc) is 3.19. The highest BCUT2D eigenvalue weighted by Gasteiger charge is 2.22. The number of carbonyl (C=O) groups excluding carboxylic acids is 1. The lowest BCUT2D eigenvalue weighted by Crippen LogP contribution is -2.15. The summed E-state index contributed by atoms with van der Waals surface area (Å²) >= 11 is 18.1. The van der Waals surface area contributed by atoms with Crippen LogP contribution in [0.4, 0.5) is 11.4 Å². The van der Waals surface area contributed by atoms with Crippen molar-refractivity contribution in [3.8, 4) is 0 Å². The predicted octanol–water partition coefficient (Wildman–Crippen LogP) is 5.30. The first-order chi connectivity index (χ1) is 12.5. The third-order valence-electron chi connectivity index (χ3n) is 4.01. The molecule has 2 heterocycles. The second-order valence-corrected chi connectivity index (χ2v) is 6.97. The zero-order chi connectivity index (χ0) is 18.3. The van der Waals surface area contributed by atoms with Crippen LogP contribution in [0.1, 0.15) is 21.6 Å². The largest absolute Gasteiger partial charge is 0.319 e. The number of aliphatic imine (C=N–C) groups is 1. The number of benzene rings is 2. The topological polar surface area (TPSA) is 70.1 Å². The maximum absolute atomic E-state index is 12.6. The number of aromatic amines is 1. The normalized spacial score (nSPS) is 12.7. The summed E-state index contributed by atoms with van der Waals surface area (Å²) < 4.78 is 0. The van der Waals surface area contributed by atoms with Crippen molar-refractivity contribution in [3.05, 3.63) is 74.5 Å². The second-order valence-electron chi connectivity index (χ2n) is 5.72. The Morgan fingerprint density at radius 1 is 1.12 bits per heavy atom. The van der Waals surface area contributed by atoms with Crippen LogP contribution in [-0.4, -0.2) is 21.8 Å². The number of nitrogens with one attached hydrogen (secondary N) is 2. The number of rotatable bonds is 3. The van der Waals surface area contributed by atoms with E-state index in [9.17, 15) is 4.79 Å². The molecule has 0 atom stereocenters. The molecule has 3 aromatic rings. The van der Waals surface area contributed by atoms with Gasteiger partial charge in [0, 0.05) is 11.4 Å². The van der Waals surface area contributed by atoms with Crippen LogP contribution in [0.25, 0.3) is 0 Å². The summed E-state index contributed by atoms with van der Waals surface area (Å²) in [4.78, 5) is 17.3. The van der Waals surface area contributed by atoms with Gasteiger partial charge in [0.2, 0.25) is 0 Å². The zero-order valence-corrected chi connectivity index (χ0v) is 15.5. The molecule has 0 fully saturated rings. The average molecular weight is 406 g/mol. The molecule has 26 heavy (non-hydrogen) atoms. The first kappa shape index (κ1) is 17.1. The number of hydrogen-bond acceptors (Lipinski definition) is 3. The minimum Gasteiger partial charge on any atom is -0.319 e. The van der Waals surface area contributed by atoms with Gasteiger partial charge < -0.3 is 5.32 Å². The summed E-state index contributed by atoms with van der Waals surface area (Å²) in [6.07, 6.45) is 2.18. The molecule has 0 aliphatic carbocycles. The van der Waals surface area contributed by atoms with Gasteiger partial charge in [-0.1, -0.05) is 53.0 Å². The van der Waals surface area contributed by atoms with Crippen molar-refractivity contribution in [2.45, 2.75) is 6.42 Å². The van der Waals surface area contributed by atoms with Crippen molar-refractivity contribution in [1.82, 2.24) is 10.2 Å². The Bertz CT molecular complexity index is 1040. The number of anilines is 1. The highest BCUT2D eigenvalue weighted by atomic mass is 35.5. The smallest absolute Gasteiger partial charge is 0.258 e. The summed E-state index contributed by atoms with van der Waals surface area (Å²) in [6, 6.07) is 10.8. The van der Waals surface area contributed by atoms with Crippen LogP contribution in [0.15, 0.2) is 47.6 Å². The molecule has 0 saturated carbocycles. The summed E-state index contributed by atoms with van der Waals surface area (Å²) in [5.41, 5.74) is 4.14. The van der Waals surface area contributed by atoms with Crippen molar-refractivity contribution < 1.29 is 4.79 Å². The van der Waals surface area contributed by atoms with Crippen molar-refractivity contribution >= 4 is 57.8 Å². The van der Waals surface area contributed by atoms with Gasteiger partial charge in [0.1, 0.15) is 5.69 Å². The number of carbonyl (C=O) groups is 1. The van der Waals surface area contributed by atoms with Gasteiger partial charge in [0.15, 0.2) is 0 Å². The third kappa shape index (κ3) is 3.09. The summed E-state index contributed by atoms with van der Waals surface area (Å²) in [5.74, 6) is -0.449. The molecule has 0 bridgehead atoms. The van der Waals surface area contributed by atoms with E-state index in [1.165, 1.54) is 18.3 Å². The monoisotopic (exact) mass is 404 g/mol. The highest BCUT2D eigenvalue weighted by molar-refractivity contribution is 6.42. The molecule has 0 spiro atoms. The molecule has 1 aliphatic heterocycles. The van der Waals surface area contributed by atoms with Gasteiger partial charge in [-0.05, 0) is 23.8 Å². The fraction of sp³-hybridized carbons (Fsp3) is 0.0556. The first-order valence-electron chi connectivity index (χ1n) is 7.68. The van der Waals surface area contributed by atoms with E-state index < -0.39 is 5.91 Å². The number of halogens is 3. The van der Waals surface area contributed by atoms with Crippen molar-refractivity contribution in [3.63, 3.8) is 0 Å². The zero-order valence-electron chi connectivity index (χ0n) is 13.2. The molecule has 5 nitrogen and oxygen atoms in total. The number of H-pyrrole nitrogens is 1. The summed E-state index contributed by atoms with van der Waals surface area (Å²) in [5, 5.41) is 10.4. The Kier molecular flexibility index (Phi) is 4.44. The number of para-hydroxylation sites is 1. The van der Waals surface area contributed by atoms with Crippen LogP contribution in [0.5, 0.6) is 0 Å². The molecule has 130 valence electrons. The third-order valence-corrected chi connectivity index (χ3v) is 4.83. The molecular weight excluding hydrogens is 395 g/mol. The molecule has 2 aromatic carbocycles. The van der Waals surface area contributed by atoms with Crippen LogP contribution in [0.2, 0.25) is 15.1 Å². The fourth-order valence-electron chi connectivity index (χ4n) is 2.82. The number of amides is 1. The van der Waals surface area contributed by atoms with Gasteiger partial charge in [-0.25, -0.2) is 0 Å². The van der Waals surface area contributed by atoms with Gasteiger partial charge in [-0.3, -0.25) is 14.9 Å². The molecule has 1 aromatic heterocycles. The van der Waals surface area contributed by atoms with E-state index in [0.29, 0.717) is 22.8 Å². The van der Waals surface area contributed by atoms with E-state index in [0.717, 1.165) is 17.0 Å². The Balaban J connectivity index is 1.62. The standard InChI is InChI=1S/C18H11Cl3N4O/c19-10-6-11(20)16(12(21)7-10)18(26)24-15-8-22-25-17(15)14-5-9-3-1-2-4-13(9)23-14/h1-4,6-8H,5H2,(H,22,25)(H,24,26). The lowest BCUT2D eigenvalue weighted by Gasteiger charge is -2.09. The van der Waals surface area contributed by atoms with Crippen LogP contribution in [0, 0.1) is 0 Å². The Morgan fingerprint density at radius 3 is 2.58 bits per heavy atom. The van der Waals surface area contributed by atoms with Crippen LogP contribution in [-0.2, 0) is 6.42 Å². The van der Waals surface area contributed by atoms with Crippen molar-refractivity contribution in [2.75, 3.05) is 5.32 Å². The fourth-order valence-corrected chi connectivity index (χ4v) is 3.81. The Morgan fingerprint density at radius 2 is 1.85 bits per heavy atom. The van der Waals surface area contributed by atoms with Gasteiger partial charge >= 0.3 is 0 Å². The quantitative estimate of drug-likeness (QED) is 0.621.